The molecule has 0 radical (unpaired) electrons. The molecule has 2 atom stereocenters. The molecule has 0 saturated carbocycles. The van der Waals surface area contributed by atoms with Crippen LogP contribution in [0.25, 0.3) is 0 Å². The molecular formula is C11H27B4N. The lowest BCUT2D eigenvalue weighted by Crippen LogP contribution is -2.52. The van der Waals surface area contributed by atoms with E-state index in [2.05, 4.69) is 57.1 Å². The van der Waals surface area contributed by atoms with Gasteiger partial charge in [-0.2, -0.15) is 0 Å². The number of nitrogens with zero attached hydrogens (tertiary/aromatic N) is 1. The average molecular weight is 217 g/mol. The minimum Gasteiger partial charge on any atom is -0.309 e. The molecule has 2 unspecified atom stereocenters. The third kappa shape index (κ3) is 2.72. The number of hydrogen-bond donors (Lipinski definition) is 0. The van der Waals surface area contributed by atoms with Crippen LogP contribution in [0.3, 0.4) is 0 Å². The van der Waals surface area contributed by atoms with Crippen LogP contribution in [0, 0.1) is 0 Å². The molecule has 1 fully saturated rings. The van der Waals surface area contributed by atoms with Crippen LogP contribution in [0.1, 0.15) is 46.5 Å². The SMILES string of the molecule is BC1CC(B)(B)C(B)N1C(C)(C)CCCC. The zero-order valence-electron chi connectivity index (χ0n) is 12.4. The topological polar surface area (TPSA) is 3.24 Å². The minimum atomic E-state index is 0.364. The van der Waals surface area contributed by atoms with Crippen molar-refractivity contribution in [1.29, 1.82) is 0 Å². The maximum absolute atomic E-state index is 2.77. The molecule has 1 saturated heterocycles. The fourth-order valence-corrected chi connectivity index (χ4v) is 3.65. The van der Waals surface area contributed by atoms with E-state index in [1.807, 2.05) is 0 Å². The van der Waals surface area contributed by atoms with Gasteiger partial charge in [-0.1, -0.05) is 31.4 Å². The Morgan fingerprint density at radius 3 is 2.25 bits per heavy atom. The van der Waals surface area contributed by atoms with Gasteiger partial charge in [-0.05, 0) is 32.2 Å². The van der Waals surface area contributed by atoms with Crippen molar-refractivity contribution >= 4 is 31.4 Å². The van der Waals surface area contributed by atoms with Crippen molar-refractivity contribution in [2.24, 2.45) is 0 Å². The van der Waals surface area contributed by atoms with Crippen molar-refractivity contribution in [2.75, 3.05) is 0 Å². The van der Waals surface area contributed by atoms with Crippen molar-refractivity contribution in [3.05, 3.63) is 0 Å². The average Bonchev–Trinajstić information content (AvgIpc) is 2.33. The van der Waals surface area contributed by atoms with Crippen molar-refractivity contribution in [2.45, 2.75) is 69.1 Å². The molecule has 1 heterocycles. The maximum atomic E-state index is 2.77. The summed E-state index contributed by atoms with van der Waals surface area (Å²) in [4.78, 5) is 2.77. The lowest BCUT2D eigenvalue weighted by molar-refractivity contribution is 0.109. The van der Waals surface area contributed by atoms with Gasteiger partial charge in [0.05, 0.1) is 0 Å². The summed E-state index contributed by atoms with van der Waals surface area (Å²) >= 11 is 0. The predicted octanol–water partition coefficient (Wildman–Crippen LogP) is -1.04. The highest BCUT2D eigenvalue weighted by molar-refractivity contribution is 6.44. The first-order chi connectivity index (χ1) is 7.22. The molecule has 1 aliphatic rings. The van der Waals surface area contributed by atoms with Crippen LogP contribution in [0.5, 0.6) is 0 Å². The normalized spacial score (nSPS) is 30.7. The lowest BCUT2D eigenvalue weighted by Gasteiger charge is -2.44. The predicted molar refractivity (Wildman–Crippen MR) is 84.5 cm³/mol. The number of rotatable bonds is 4. The molecule has 0 aliphatic carbocycles. The van der Waals surface area contributed by atoms with Gasteiger partial charge in [-0.25, -0.2) is 0 Å². The molecule has 0 N–H and O–H groups in total. The highest BCUT2D eigenvalue weighted by Gasteiger charge is 2.46. The van der Waals surface area contributed by atoms with Gasteiger partial charge in [0.2, 0.25) is 0 Å². The van der Waals surface area contributed by atoms with E-state index in [1.165, 1.54) is 25.7 Å². The molecule has 1 nitrogen and oxygen atoms in total. The summed E-state index contributed by atoms with van der Waals surface area (Å²) in [6, 6.07) is 0. The molecule has 0 aromatic heterocycles. The Morgan fingerprint density at radius 2 is 1.88 bits per heavy atom. The van der Waals surface area contributed by atoms with E-state index in [0.29, 0.717) is 16.7 Å². The van der Waals surface area contributed by atoms with E-state index < -0.39 is 0 Å². The van der Waals surface area contributed by atoms with Gasteiger partial charge in [0, 0.05) is 5.54 Å². The molecular weight excluding hydrogens is 189 g/mol. The van der Waals surface area contributed by atoms with Crippen LogP contribution >= 0.6 is 0 Å². The third-order valence-electron chi connectivity index (χ3n) is 4.69. The third-order valence-corrected chi connectivity index (χ3v) is 4.69. The van der Waals surface area contributed by atoms with Crippen LogP contribution in [0.4, 0.5) is 0 Å². The number of unbranched alkanes of at least 4 members (excludes halogenated alkanes) is 1. The van der Waals surface area contributed by atoms with E-state index in [4.69, 9.17) is 0 Å². The van der Waals surface area contributed by atoms with Crippen LogP contribution in [0.15, 0.2) is 0 Å². The van der Waals surface area contributed by atoms with Gasteiger partial charge in [-0.3, -0.25) is 0 Å². The van der Waals surface area contributed by atoms with E-state index in [0.717, 1.165) is 5.94 Å². The Morgan fingerprint density at radius 1 is 1.31 bits per heavy atom. The summed E-state index contributed by atoms with van der Waals surface area (Å²) in [6.07, 6.45) is 5.32. The van der Waals surface area contributed by atoms with E-state index in [1.54, 1.807) is 0 Å². The Balaban J connectivity index is 2.79. The summed E-state index contributed by atoms with van der Waals surface area (Å²) in [6.45, 7) is 7.14. The highest BCUT2D eigenvalue weighted by Crippen LogP contribution is 2.43. The summed E-state index contributed by atoms with van der Waals surface area (Å²) in [5, 5.41) is 0.475. The Kier molecular flexibility index (Phi) is 4.32. The van der Waals surface area contributed by atoms with Gasteiger partial charge in [-0.15, -0.1) is 0 Å². The molecule has 0 bridgehead atoms. The largest absolute Gasteiger partial charge is 0.309 e. The van der Waals surface area contributed by atoms with Crippen LogP contribution < -0.4 is 0 Å². The Labute approximate surface area is 106 Å². The fourth-order valence-electron chi connectivity index (χ4n) is 3.65. The quantitative estimate of drug-likeness (QED) is 0.543. The number of hydrogen-bond acceptors (Lipinski definition) is 1. The molecule has 88 valence electrons. The highest BCUT2D eigenvalue weighted by atomic mass is 15.2. The molecule has 0 spiro atoms. The first-order valence-corrected chi connectivity index (χ1v) is 7.01. The summed E-state index contributed by atoms with van der Waals surface area (Å²) < 4.78 is 0. The molecule has 0 aromatic carbocycles. The van der Waals surface area contributed by atoms with Crippen molar-refractivity contribution in [3.63, 3.8) is 0 Å². The van der Waals surface area contributed by atoms with Gasteiger partial charge in [0.15, 0.2) is 0 Å². The van der Waals surface area contributed by atoms with Gasteiger partial charge in [0.25, 0.3) is 0 Å². The molecule has 1 rings (SSSR count). The maximum Gasteiger partial charge on any atom is 0.123 e. The van der Waals surface area contributed by atoms with Gasteiger partial charge in [0.1, 0.15) is 31.4 Å². The zero-order chi connectivity index (χ0) is 12.6. The second-order valence-electron chi connectivity index (χ2n) is 7.04. The number of likely N-dealkylation sites (tertiary alicyclic amines) is 1. The Hall–Kier alpha value is 0.220. The first kappa shape index (κ1) is 14.3. The molecule has 5 heteroatoms. The van der Waals surface area contributed by atoms with Crippen molar-refractivity contribution < 1.29 is 0 Å². The second kappa shape index (κ2) is 4.84. The van der Waals surface area contributed by atoms with Crippen LogP contribution in [-0.4, -0.2) is 53.7 Å². The van der Waals surface area contributed by atoms with E-state index >= 15 is 0 Å². The fraction of sp³-hybridized carbons (Fsp3) is 1.00. The van der Waals surface area contributed by atoms with Gasteiger partial charge < -0.3 is 4.90 Å². The monoisotopic (exact) mass is 217 g/mol. The Bertz CT molecular complexity index is 242. The van der Waals surface area contributed by atoms with Crippen LogP contribution in [0.2, 0.25) is 5.21 Å². The summed E-state index contributed by atoms with van der Waals surface area (Å²) in [5.41, 5.74) is 0.364. The first-order valence-electron chi connectivity index (χ1n) is 7.01. The van der Waals surface area contributed by atoms with Crippen LogP contribution in [-0.2, 0) is 0 Å². The van der Waals surface area contributed by atoms with E-state index in [9.17, 15) is 0 Å². The smallest absolute Gasteiger partial charge is 0.123 e. The molecule has 0 aromatic rings. The zero-order valence-corrected chi connectivity index (χ0v) is 12.4. The van der Waals surface area contributed by atoms with Crippen molar-refractivity contribution in [3.8, 4) is 0 Å². The standard InChI is InChI=1S/C11H27B4N/c1-4-5-6-10(2,3)16-8(12)7-11(14,15)9(16)13/h8-9H,4-7,12-15H2,1-3H3. The van der Waals surface area contributed by atoms with Crippen molar-refractivity contribution in [1.82, 2.24) is 4.90 Å². The lowest BCUT2D eigenvalue weighted by atomic mass is 9.46. The molecule has 16 heavy (non-hydrogen) atoms. The summed E-state index contributed by atoms with van der Waals surface area (Å²) in [5.74, 6) is 1.44. The molecule has 1 aliphatic heterocycles. The van der Waals surface area contributed by atoms with E-state index in [-0.39, 0.29) is 0 Å². The summed E-state index contributed by atoms with van der Waals surface area (Å²) in [7, 11) is 9.66. The minimum absolute atomic E-state index is 0.364. The second-order valence-corrected chi connectivity index (χ2v) is 7.04. The molecule has 0 amide bonds. The van der Waals surface area contributed by atoms with Gasteiger partial charge >= 0.3 is 0 Å².